The van der Waals surface area contributed by atoms with Crippen LogP contribution in [0.2, 0.25) is 0 Å². The molecule has 0 saturated heterocycles. The van der Waals surface area contributed by atoms with E-state index in [0.29, 0.717) is 11.1 Å². The SMILES string of the molecule is N#Cc1ccc(C(=O)COC2CCCCCC2)cc1. The van der Waals surface area contributed by atoms with E-state index in [1.165, 1.54) is 25.7 Å². The Morgan fingerprint density at radius 3 is 2.37 bits per heavy atom. The molecule has 0 unspecified atom stereocenters. The second kappa shape index (κ2) is 7.06. The number of carbonyl (C=O) groups excluding carboxylic acids is 1. The second-order valence-corrected chi connectivity index (χ2v) is 5.04. The number of benzene rings is 1. The van der Waals surface area contributed by atoms with E-state index >= 15 is 0 Å². The molecule has 0 aromatic heterocycles. The lowest BCUT2D eigenvalue weighted by molar-refractivity contribution is 0.0389. The Morgan fingerprint density at radius 1 is 1.16 bits per heavy atom. The average Bonchev–Trinajstić information content (AvgIpc) is 2.73. The van der Waals surface area contributed by atoms with Crippen LogP contribution in [0.25, 0.3) is 0 Å². The van der Waals surface area contributed by atoms with E-state index in [-0.39, 0.29) is 18.5 Å². The van der Waals surface area contributed by atoms with Crippen molar-refractivity contribution in [2.24, 2.45) is 0 Å². The summed E-state index contributed by atoms with van der Waals surface area (Å²) in [5.74, 6) is -0.00580. The van der Waals surface area contributed by atoms with E-state index in [9.17, 15) is 4.79 Å². The van der Waals surface area contributed by atoms with E-state index in [0.717, 1.165) is 12.8 Å². The molecule has 0 bridgehead atoms. The quantitative estimate of drug-likeness (QED) is 0.613. The fourth-order valence-electron chi connectivity index (χ4n) is 2.42. The maximum Gasteiger partial charge on any atom is 0.188 e. The lowest BCUT2D eigenvalue weighted by Crippen LogP contribution is -2.18. The van der Waals surface area contributed by atoms with Crippen LogP contribution in [0.3, 0.4) is 0 Å². The van der Waals surface area contributed by atoms with Gasteiger partial charge in [0.15, 0.2) is 5.78 Å². The van der Waals surface area contributed by atoms with Gasteiger partial charge in [0, 0.05) is 5.56 Å². The number of nitrogens with zero attached hydrogens (tertiary/aromatic N) is 1. The molecule has 0 atom stereocenters. The summed E-state index contributed by atoms with van der Waals surface area (Å²) in [5, 5.41) is 8.71. The van der Waals surface area contributed by atoms with Gasteiger partial charge in [0.2, 0.25) is 0 Å². The maximum absolute atomic E-state index is 12.0. The molecular weight excluding hydrogens is 238 g/mol. The van der Waals surface area contributed by atoms with Crippen molar-refractivity contribution in [3.8, 4) is 6.07 Å². The van der Waals surface area contributed by atoms with Crippen LogP contribution in [-0.2, 0) is 4.74 Å². The summed E-state index contributed by atoms with van der Waals surface area (Å²) in [6, 6.07) is 8.76. The first-order valence-corrected chi connectivity index (χ1v) is 6.94. The van der Waals surface area contributed by atoms with Crippen LogP contribution in [0, 0.1) is 11.3 Å². The molecule has 0 amide bonds. The average molecular weight is 257 g/mol. The number of hydrogen-bond donors (Lipinski definition) is 0. The molecule has 1 saturated carbocycles. The highest BCUT2D eigenvalue weighted by atomic mass is 16.5. The van der Waals surface area contributed by atoms with E-state index in [1.807, 2.05) is 6.07 Å². The van der Waals surface area contributed by atoms with Gasteiger partial charge in [-0.25, -0.2) is 0 Å². The van der Waals surface area contributed by atoms with Crippen molar-refractivity contribution >= 4 is 5.78 Å². The highest BCUT2D eigenvalue weighted by Crippen LogP contribution is 2.20. The van der Waals surface area contributed by atoms with Gasteiger partial charge in [0.25, 0.3) is 0 Å². The predicted octanol–water partition coefficient (Wildman–Crippen LogP) is 3.48. The molecule has 100 valence electrons. The first-order valence-electron chi connectivity index (χ1n) is 6.94. The van der Waals surface area contributed by atoms with Crippen molar-refractivity contribution < 1.29 is 9.53 Å². The lowest BCUT2D eigenvalue weighted by Gasteiger charge is -2.14. The summed E-state index contributed by atoms with van der Waals surface area (Å²) >= 11 is 0. The molecule has 0 N–H and O–H groups in total. The fraction of sp³-hybridized carbons (Fsp3) is 0.500. The smallest absolute Gasteiger partial charge is 0.188 e. The van der Waals surface area contributed by atoms with Crippen LogP contribution in [0.1, 0.15) is 54.4 Å². The van der Waals surface area contributed by atoms with Crippen molar-refractivity contribution in [3.63, 3.8) is 0 Å². The zero-order valence-electron chi connectivity index (χ0n) is 11.1. The van der Waals surface area contributed by atoms with Crippen LogP contribution in [0.4, 0.5) is 0 Å². The highest BCUT2D eigenvalue weighted by Gasteiger charge is 2.14. The molecule has 3 nitrogen and oxygen atoms in total. The van der Waals surface area contributed by atoms with Crippen molar-refractivity contribution in [3.05, 3.63) is 35.4 Å². The molecule has 1 fully saturated rings. The zero-order valence-corrected chi connectivity index (χ0v) is 11.1. The third-order valence-corrected chi connectivity index (χ3v) is 3.59. The Kier molecular flexibility index (Phi) is 5.11. The van der Waals surface area contributed by atoms with Crippen LogP contribution in [-0.4, -0.2) is 18.5 Å². The summed E-state index contributed by atoms with van der Waals surface area (Å²) in [6.45, 7) is 0.149. The summed E-state index contributed by atoms with van der Waals surface area (Å²) < 4.78 is 5.72. The Bertz CT molecular complexity index is 451. The molecule has 1 aliphatic rings. The Balaban J connectivity index is 1.84. The van der Waals surface area contributed by atoms with Gasteiger partial charge in [0.1, 0.15) is 6.61 Å². The van der Waals surface area contributed by atoms with Crippen LogP contribution in [0.15, 0.2) is 24.3 Å². The lowest BCUT2D eigenvalue weighted by atomic mass is 10.1. The Morgan fingerprint density at radius 2 is 1.79 bits per heavy atom. The van der Waals surface area contributed by atoms with Crippen molar-refractivity contribution in [2.75, 3.05) is 6.61 Å². The van der Waals surface area contributed by atoms with Gasteiger partial charge in [-0.15, -0.1) is 0 Å². The van der Waals surface area contributed by atoms with Crippen LogP contribution < -0.4 is 0 Å². The van der Waals surface area contributed by atoms with E-state index < -0.39 is 0 Å². The van der Waals surface area contributed by atoms with Gasteiger partial charge in [-0.05, 0) is 25.0 Å². The first-order chi connectivity index (χ1) is 9.29. The Hall–Kier alpha value is -1.66. The number of carbonyl (C=O) groups is 1. The summed E-state index contributed by atoms with van der Waals surface area (Å²) in [7, 11) is 0. The number of hydrogen-bond acceptors (Lipinski definition) is 3. The third-order valence-electron chi connectivity index (χ3n) is 3.59. The number of Topliss-reactive ketones (excluding diaryl/α,β-unsaturated/α-hetero) is 1. The number of ether oxygens (including phenoxy) is 1. The number of nitriles is 1. The van der Waals surface area contributed by atoms with Gasteiger partial charge in [-0.1, -0.05) is 37.8 Å². The molecular formula is C16H19NO2. The molecule has 0 spiro atoms. The molecule has 1 aliphatic carbocycles. The van der Waals surface area contributed by atoms with Crippen molar-refractivity contribution in [2.45, 2.75) is 44.6 Å². The minimum absolute atomic E-state index is 0.00580. The molecule has 0 radical (unpaired) electrons. The normalized spacial score (nSPS) is 16.6. The van der Waals surface area contributed by atoms with E-state index in [2.05, 4.69) is 0 Å². The van der Waals surface area contributed by atoms with Gasteiger partial charge < -0.3 is 4.74 Å². The van der Waals surface area contributed by atoms with Crippen LogP contribution in [0.5, 0.6) is 0 Å². The minimum Gasteiger partial charge on any atom is -0.370 e. The third kappa shape index (κ3) is 4.18. The summed E-state index contributed by atoms with van der Waals surface area (Å²) in [4.78, 5) is 12.0. The summed E-state index contributed by atoms with van der Waals surface area (Å²) in [5.41, 5.74) is 1.19. The van der Waals surface area contributed by atoms with Crippen molar-refractivity contribution in [1.82, 2.24) is 0 Å². The molecule has 19 heavy (non-hydrogen) atoms. The van der Waals surface area contributed by atoms with Crippen molar-refractivity contribution in [1.29, 1.82) is 5.26 Å². The minimum atomic E-state index is -0.00580. The standard InChI is InChI=1S/C16H19NO2/c17-11-13-7-9-14(10-8-13)16(18)12-19-15-5-3-1-2-4-6-15/h7-10,15H,1-6,12H2. The largest absolute Gasteiger partial charge is 0.370 e. The fourth-order valence-corrected chi connectivity index (χ4v) is 2.42. The highest BCUT2D eigenvalue weighted by molar-refractivity contribution is 5.97. The topological polar surface area (TPSA) is 50.1 Å². The van der Waals surface area contributed by atoms with Gasteiger partial charge in [-0.2, -0.15) is 5.26 Å². The molecule has 1 aromatic carbocycles. The Labute approximate surface area is 114 Å². The van der Waals surface area contributed by atoms with E-state index in [4.69, 9.17) is 10.00 Å². The first kappa shape index (κ1) is 13.8. The number of rotatable bonds is 4. The predicted molar refractivity (Wildman–Crippen MR) is 72.9 cm³/mol. The monoisotopic (exact) mass is 257 g/mol. The molecule has 1 aromatic rings. The molecule has 3 heteroatoms. The summed E-state index contributed by atoms with van der Waals surface area (Å²) in [6.07, 6.45) is 7.35. The molecule has 0 aliphatic heterocycles. The van der Waals surface area contributed by atoms with E-state index in [1.54, 1.807) is 24.3 Å². The molecule has 0 heterocycles. The van der Waals surface area contributed by atoms with Crippen LogP contribution >= 0.6 is 0 Å². The second-order valence-electron chi connectivity index (χ2n) is 5.04. The van der Waals surface area contributed by atoms with Gasteiger partial charge in [0.05, 0.1) is 17.7 Å². The maximum atomic E-state index is 12.0. The zero-order chi connectivity index (χ0) is 13.5. The molecule has 2 rings (SSSR count). The van der Waals surface area contributed by atoms with Gasteiger partial charge in [-0.3, -0.25) is 4.79 Å². The number of ketones is 1. The van der Waals surface area contributed by atoms with Gasteiger partial charge >= 0.3 is 0 Å².